The van der Waals surface area contributed by atoms with E-state index in [2.05, 4.69) is 18.8 Å². The predicted molar refractivity (Wildman–Crippen MR) is 47.7 cm³/mol. The molecule has 0 saturated heterocycles. The Bertz CT molecular complexity index is 215. The van der Waals surface area contributed by atoms with Gasteiger partial charge >= 0.3 is 0 Å². The number of hydrogen-bond donors (Lipinski definition) is 1. The molecule has 0 radical (unpaired) electrons. The quantitative estimate of drug-likeness (QED) is 0.525. The van der Waals surface area contributed by atoms with Gasteiger partial charge in [-0.15, -0.1) is 0 Å². The summed E-state index contributed by atoms with van der Waals surface area (Å²) >= 11 is 0. The molecule has 0 atom stereocenters. The van der Waals surface area contributed by atoms with Crippen molar-refractivity contribution in [2.75, 3.05) is 0 Å². The fourth-order valence-electron chi connectivity index (χ4n) is 1.27. The van der Waals surface area contributed by atoms with Crippen LogP contribution < -0.4 is 5.73 Å². The number of allylic oxidation sites excluding steroid dienone is 2. The summed E-state index contributed by atoms with van der Waals surface area (Å²) in [6, 6.07) is 0. The Labute approximate surface area is 68.7 Å². The topological polar surface area (TPSA) is 26.0 Å². The standard InChI is InChI=1S/C10H15N/c1-2-3-6-9-7-4-5-8-10(9)11/h2,4-5,7-8,11H2,1H3. The van der Waals surface area contributed by atoms with E-state index in [0.717, 1.165) is 25.0 Å². The molecule has 0 aliphatic heterocycles. The zero-order valence-electron chi connectivity index (χ0n) is 7.11. The van der Waals surface area contributed by atoms with Crippen molar-refractivity contribution in [3.05, 3.63) is 11.3 Å². The Morgan fingerprint density at radius 2 is 2.09 bits per heavy atom. The van der Waals surface area contributed by atoms with E-state index in [-0.39, 0.29) is 0 Å². The Kier molecular flexibility index (Phi) is 3.04. The summed E-state index contributed by atoms with van der Waals surface area (Å²) < 4.78 is 0. The first-order chi connectivity index (χ1) is 5.34. The van der Waals surface area contributed by atoms with Gasteiger partial charge in [0.15, 0.2) is 0 Å². The summed E-state index contributed by atoms with van der Waals surface area (Å²) in [5, 5.41) is 0. The average molecular weight is 149 g/mol. The highest BCUT2D eigenvalue weighted by Crippen LogP contribution is 2.20. The van der Waals surface area contributed by atoms with Gasteiger partial charge in [-0.3, -0.25) is 0 Å². The lowest BCUT2D eigenvalue weighted by Gasteiger charge is -2.11. The largest absolute Gasteiger partial charge is 0.401 e. The maximum Gasteiger partial charge on any atom is 0.0207 e. The SMILES string of the molecule is CCC#CC1=C(N)CCCC1. The first-order valence-corrected chi connectivity index (χ1v) is 4.31. The van der Waals surface area contributed by atoms with Crippen molar-refractivity contribution in [3.63, 3.8) is 0 Å². The molecule has 0 fully saturated rings. The molecule has 0 aromatic rings. The highest BCUT2D eigenvalue weighted by molar-refractivity contribution is 5.33. The van der Waals surface area contributed by atoms with E-state index < -0.39 is 0 Å². The van der Waals surface area contributed by atoms with Crippen LogP contribution in [0.3, 0.4) is 0 Å². The molecule has 1 nitrogen and oxygen atoms in total. The first kappa shape index (κ1) is 8.20. The van der Waals surface area contributed by atoms with Crippen LogP contribution in [-0.4, -0.2) is 0 Å². The molecule has 60 valence electrons. The van der Waals surface area contributed by atoms with Crippen molar-refractivity contribution in [3.8, 4) is 11.8 Å². The predicted octanol–water partition coefficient (Wildman–Crippen LogP) is 2.19. The molecule has 1 heteroatoms. The molecule has 1 aliphatic rings. The van der Waals surface area contributed by atoms with E-state index in [1.54, 1.807) is 0 Å². The lowest BCUT2D eigenvalue weighted by atomic mass is 9.97. The summed E-state index contributed by atoms with van der Waals surface area (Å²) in [5.41, 5.74) is 8.01. The van der Waals surface area contributed by atoms with Crippen LogP contribution in [0.5, 0.6) is 0 Å². The van der Waals surface area contributed by atoms with Gasteiger partial charge in [-0.25, -0.2) is 0 Å². The monoisotopic (exact) mass is 149 g/mol. The van der Waals surface area contributed by atoms with E-state index in [1.807, 2.05) is 0 Å². The minimum Gasteiger partial charge on any atom is -0.401 e. The minimum atomic E-state index is 0.927. The smallest absolute Gasteiger partial charge is 0.0207 e. The van der Waals surface area contributed by atoms with Gasteiger partial charge in [-0.1, -0.05) is 18.8 Å². The molecule has 0 aromatic carbocycles. The van der Waals surface area contributed by atoms with Gasteiger partial charge in [0.1, 0.15) is 0 Å². The lowest BCUT2D eigenvalue weighted by molar-refractivity contribution is 0.680. The molecular weight excluding hydrogens is 134 g/mol. The molecule has 0 saturated carbocycles. The van der Waals surface area contributed by atoms with Crippen LogP contribution in [0.25, 0.3) is 0 Å². The third-order valence-electron chi connectivity index (χ3n) is 1.93. The Balaban J connectivity index is 2.66. The fourth-order valence-corrected chi connectivity index (χ4v) is 1.27. The zero-order valence-corrected chi connectivity index (χ0v) is 7.11. The average Bonchev–Trinajstić information content (AvgIpc) is 2.03. The van der Waals surface area contributed by atoms with Crippen molar-refractivity contribution in [1.29, 1.82) is 0 Å². The summed E-state index contributed by atoms with van der Waals surface area (Å²) in [6.07, 6.45) is 5.57. The van der Waals surface area contributed by atoms with E-state index >= 15 is 0 Å². The van der Waals surface area contributed by atoms with Crippen LogP contribution in [0.15, 0.2) is 11.3 Å². The van der Waals surface area contributed by atoms with Crippen LogP contribution >= 0.6 is 0 Å². The number of rotatable bonds is 0. The molecule has 1 aliphatic carbocycles. The van der Waals surface area contributed by atoms with Gasteiger partial charge in [-0.2, -0.15) is 0 Å². The minimum absolute atomic E-state index is 0.927. The van der Waals surface area contributed by atoms with Crippen LogP contribution in [0.2, 0.25) is 0 Å². The van der Waals surface area contributed by atoms with E-state index in [1.165, 1.54) is 18.4 Å². The van der Waals surface area contributed by atoms with Gasteiger partial charge in [0.2, 0.25) is 0 Å². The second-order valence-electron chi connectivity index (χ2n) is 2.87. The Hall–Kier alpha value is -0.900. The van der Waals surface area contributed by atoms with Gasteiger partial charge in [-0.05, 0) is 25.7 Å². The van der Waals surface area contributed by atoms with Crippen LogP contribution in [0.4, 0.5) is 0 Å². The van der Waals surface area contributed by atoms with Crippen LogP contribution in [0.1, 0.15) is 39.0 Å². The Morgan fingerprint density at radius 3 is 2.73 bits per heavy atom. The van der Waals surface area contributed by atoms with Gasteiger partial charge in [0, 0.05) is 17.7 Å². The molecule has 2 N–H and O–H groups in total. The van der Waals surface area contributed by atoms with Gasteiger partial charge in [0.05, 0.1) is 0 Å². The van der Waals surface area contributed by atoms with E-state index in [9.17, 15) is 0 Å². The molecule has 0 unspecified atom stereocenters. The number of hydrogen-bond acceptors (Lipinski definition) is 1. The van der Waals surface area contributed by atoms with Crippen molar-refractivity contribution in [1.82, 2.24) is 0 Å². The zero-order chi connectivity index (χ0) is 8.10. The molecule has 0 bridgehead atoms. The summed E-state index contributed by atoms with van der Waals surface area (Å²) in [4.78, 5) is 0. The van der Waals surface area contributed by atoms with Crippen molar-refractivity contribution < 1.29 is 0 Å². The second kappa shape index (κ2) is 4.08. The maximum absolute atomic E-state index is 5.80. The van der Waals surface area contributed by atoms with Crippen molar-refractivity contribution >= 4 is 0 Å². The van der Waals surface area contributed by atoms with E-state index in [4.69, 9.17) is 5.73 Å². The normalized spacial score (nSPS) is 17.5. The summed E-state index contributed by atoms with van der Waals surface area (Å²) in [7, 11) is 0. The van der Waals surface area contributed by atoms with Crippen LogP contribution in [-0.2, 0) is 0 Å². The molecule has 1 rings (SSSR count). The van der Waals surface area contributed by atoms with Gasteiger partial charge in [0.25, 0.3) is 0 Å². The summed E-state index contributed by atoms with van der Waals surface area (Å²) in [5.74, 6) is 6.19. The van der Waals surface area contributed by atoms with Gasteiger partial charge < -0.3 is 5.73 Å². The molecule has 0 aromatic heterocycles. The number of nitrogens with two attached hydrogens (primary N) is 1. The second-order valence-corrected chi connectivity index (χ2v) is 2.87. The third kappa shape index (κ3) is 2.31. The molecule has 0 spiro atoms. The third-order valence-corrected chi connectivity index (χ3v) is 1.93. The molecular formula is C10H15N. The molecule has 0 amide bonds. The molecule has 0 heterocycles. The lowest BCUT2D eigenvalue weighted by Crippen LogP contribution is -2.06. The highest BCUT2D eigenvalue weighted by atomic mass is 14.6. The van der Waals surface area contributed by atoms with Crippen LogP contribution in [0, 0.1) is 11.8 Å². The summed E-state index contributed by atoms with van der Waals surface area (Å²) in [6.45, 7) is 2.06. The maximum atomic E-state index is 5.80. The van der Waals surface area contributed by atoms with E-state index in [0.29, 0.717) is 0 Å². The fraction of sp³-hybridized carbons (Fsp3) is 0.600. The van der Waals surface area contributed by atoms with Crippen molar-refractivity contribution in [2.45, 2.75) is 39.0 Å². The Morgan fingerprint density at radius 1 is 1.36 bits per heavy atom. The highest BCUT2D eigenvalue weighted by Gasteiger charge is 2.06. The van der Waals surface area contributed by atoms with Crippen molar-refractivity contribution in [2.24, 2.45) is 5.73 Å². The first-order valence-electron chi connectivity index (χ1n) is 4.31. The molecule has 11 heavy (non-hydrogen) atoms.